The predicted octanol–water partition coefficient (Wildman–Crippen LogP) is 9.38. The van der Waals surface area contributed by atoms with Gasteiger partial charge in [0.2, 0.25) is 0 Å². The normalized spacial score (nSPS) is 12.1. The van der Waals surface area contributed by atoms with Crippen LogP contribution in [0.5, 0.6) is 0 Å². The summed E-state index contributed by atoms with van der Waals surface area (Å²) in [4.78, 5) is 0. The van der Waals surface area contributed by atoms with Gasteiger partial charge < -0.3 is 10.6 Å². The van der Waals surface area contributed by atoms with E-state index in [9.17, 15) is 0 Å². The number of nitrogens with one attached hydrogen (secondary N) is 2. The number of benzene rings is 3. The third kappa shape index (κ3) is 9.57. The first-order valence-corrected chi connectivity index (χ1v) is 13.4. The second-order valence-corrected chi connectivity index (χ2v) is 11.3. The maximum atomic E-state index is 3.48. The van der Waals surface area contributed by atoms with Crippen LogP contribution in [0.1, 0.15) is 68.9 Å². The summed E-state index contributed by atoms with van der Waals surface area (Å²) in [6, 6.07) is 21.8. The average Bonchev–Trinajstić information content (AvgIpc) is 2.82. The van der Waals surface area contributed by atoms with Crippen molar-refractivity contribution < 1.29 is 0 Å². The number of hydrogen-bond acceptors (Lipinski definition) is 2. The van der Waals surface area contributed by atoms with Gasteiger partial charge in [-0.25, -0.2) is 0 Å². The van der Waals surface area contributed by atoms with Crippen LogP contribution in [0, 0.1) is 39.0 Å². The van der Waals surface area contributed by atoms with Crippen molar-refractivity contribution in [2.75, 3.05) is 11.9 Å². The predicted molar refractivity (Wildman–Crippen MR) is 161 cm³/mol. The zero-order chi connectivity index (χ0) is 26.7. The summed E-state index contributed by atoms with van der Waals surface area (Å²) in [7, 11) is 0. The van der Waals surface area contributed by atoms with E-state index in [0.717, 1.165) is 18.7 Å². The summed E-state index contributed by atoms with van der Waals surface area (Å²) in [6.45, 7) is 21.0. The highest BCUT2D eigenvalue weighted by Gasteiger charge is 2.14. The van der Waals surface area contributed by atoms with Gasteiger partial charge in [0.25, 0.3) is 0 Å². The highest BCUT2D eigenvalue weighted by molar-refractivity contribution is 5.81. The highest BCUT2D eigenvalue weighted by atomic mass is 14.9. The Kier molecular flexibility index (Phi) is 11.3. The lowest BCUT2D eigenvalue weighted by Gasteiger charge is -2.20. The fourth-order valence-electron chi connectivity index (χ4n) is 4.04. The largest absolute Gasteiger partial charge is 0.389 e. The molecule has 0 spiro atoms. The maximum absolute atomic E-state index is 3.48. The van der Waals surface area contributed by atoms with E-state index in [0.29, 0.717) is 5.92 Å². The topological polar surface area (TPSA) is 24.1 Å². The molecule has 2 nitrogen and oxygen atoms in total. The van der Waals surface area contributed by atoms with Crippen molar-refractivity contribution in [3.05, 3.63) is 101 Å². The van der Waals surface area contributed by atoms with Gasteiger partial charge in [-0.3, -0.25) is 0 Å². The first kappa shape index (κ1) is 29.2. The summed E-state index contributed by atoms with van der Waals surface area (Å²) in [6.07, 6.45) is 6.28. The van der Waals surface area contributed by atoms with E-state index >= 15 is 0 Å². The lowest BCUT2D eigenvalue weighted by Crippen LogP contribution is -2.15. The molecule has 3 aromatic rings. The van der Waals surface area contributed by atoms with Crippen LogP contribution in [-0.2, 0) is 6.42 Å². The maximum Gasteiger partial charge on any atom is 0.0460 e. The van der Waals surface area contributed by atoms with Gasteiger partial charge in [-0.15, -0.1) is 0 Å². The second-order valence-electron chi connectivity index (χ2n) is 11.3. The van der Waals surface area contributed by atoms with E-state index in [1.54, 1.807) is 0 Å². The molecule has 2 heteroatoms. The van der Waals surface area contributed by atoms with Crippen molar-refractivity contribution in [2.24, 2.45) is 11.3 Å². The molecule has 0 fully saturated rings. The monoisotopic (exact) mass is 484 g/mol. The fraction of sp³-hybridized carbons (Fsp3) is 0.412. The lowest BCUT2D eigenvalue weighted by atomic mass is 9.86. The summed E-state index contributed by atoms with van der Waals surface area (Å²) in [5, 5.41) is 6.85. The van der Waals surface area contributed by atoms with E-state index in [4.69, 9.17) is 0 Å². The fourth-order valence-corrected chi connectivity index (χ4v) is 4.04. The lowest BCUT2D eigenvalue weighted by molar-refractivity contribution is 0.411. The third-order valence-corrected chi connectivity index (χ3v) is 6.73. The molecule has 0 heterocycles. The molecule has 0 saturated heterocycles. The zero-order valence-corrected chi connectivity index (χ0v) is 24.1. The van der Waals surface area contributed by atoms with E-state index in [1.165, 1.54) is 45.4 Å². The minimum absolute atomic E-state index is 0.276. The second kappa shape index (κ2) is 13.9. The van der Waals surface area contributed by atoms with Crippen molar-refractivity contribution in [1.29, 1.82) is 0 Å². The Labute approximate surface area is 221 Å². The smallest absolute Gasteiger partial charge is 0.0460 e. The molecule has 0 aromatic heterocycles. The van der Waals surface area contributed by atoms with Gasteiger partial charge in [-0.05, 0) is 91.0 Å². The first-order chi connectivity index (χ1) is 17.0. The van der Waals surface area contributed by atoms with Gasteiger partial charge in [0.05, 0.1) is 0 Å². The van der Waals surface area contributed by atoms with Gasteiger partial charge in [0.1, 0.15) is 0 Å². The Bertz CT molecular complexity index is 1100. The van der Waals surface area contributed by atoms with Crippen LogP contribution in [0.15, 0.2) is 73.1 Å². The summed E-state index contributed by atoms with van der Waals surface area (Å²) >= 11 is 0. The number of aryl methyl sites for hydroxylation is 3. The van der Waals surface area contributed by atoms with E-state index in [2.05, 4.69) is 134 Å². The summed E-state index contributed by atoms with van der Waals surface area (Å²) in [5.41, 5.74) is 10.8. The molecule has 1 unspecified atom stereocenters. The van der Waals surface area contributed by atoms with Crippen molar-refractivity contribution in [2.45, 2.75) is 75.2 Å². The van der Waals surface area contributed by atoms with Crippen molar-refractivity contribution >= 4 is 5.69 Å². The molecule has 3 aromatic carbocycles. The molecule has 36 heavy (non-hydrogen) atoms. The molecule has 0 radical (unpaired) electrons. The third-order valence-electron chi connectivity index (χ3n) is 6.73. The quantitative estimate of drug-likeness (QED) is 0.333. The van der Waals surface area contributed by atoms with Crippen LogP contribution in [0.3, 0.4) is 0 Å². The van der Waals surface area contributed by atoms with Crippen LogP contribution in [0.4, 0.5) is 5.69 Å². The van der Waals surface area contributed by atoms with Gasteiger partial charge in [0, 0.05) is 30.2 Å². The highest BCUT2D eigenvalue weighted by Crippen LogP contribution is 2.33. The molecule has 0 aliphatic carbocycles. The van der Waals surface area contributed by atoms with Gasteiger partial charge in [-0.2, -0.15) is 0 Å². The van der Waals surface area contributed by atoms with Crippen LogP contribution in [0.25, 0.3) is 11.1 Å². The summed E-state index contributed by atoms with van der Waals surface area (Å²) in [5.74, 6) is 0.689. The molecular formula is C34H48N2. The Balaban J connectivity index is 0.000000425. The molecule has 0 bridgehead atoms. The van der Waals surface area contributed by atoms with Crippen LogP contribution in [-0.4, -0.2) is 6.54 Å². The molecule has 1 atom stereocenters. The molecule has 0 saturated carbocycles. The standard InChI is InChI=1S/C25H36N2.C9H12/c1-7-19(2)18-26-14-15-27-24-13-12-21(17-25(4,5)6)16-23(24)22-11-9-8-10-20(22)3;1-7-5-4-6-8(2)9(7)3/h8-16,19,26-27H,7,17-18H2,1-6H3;4-6H,1-3H3/b15-14-;. The van der Waals surface area contributed by atoms with Crippen LogP contribution >= 0.6 is 0 Å². The van der Waals surface area contributed by atoms with Crippen molar-refractivity contribution in [3.8, 4) is 11.1 Å². The SMILES string of the molecule is CCC(C)CN/C=C\Nc1ccc(CC(C)(C)C)cc1-c1ccccc1C.Cc1cccc(C)c1C. The minimum Gasteiger partial charge on any atom is -0.389 e. The average molecular weight is 485 g/mol. The van der Waals surface area contributed by atoms with Gasteiger partial charge >= 0.3 is 0 Å². The van der Waals surface area contributed by atoms with Gasteiger partial charge in [-0.1, -0.05) is 89.6 Å². The Morgan fingerprint density at radius 3 is 2.00 bits per heavy atom. The molecule has 2 N–H and O–H groups in total. The van der Waals surface area contributed by atoms with Crippen molar-refractivity contribution in [1.82, 2.24) is 5.32 Å². The molecular weight excluding hydrogens is 436 g/mol. The van der Waals surface area contributed by atoms with Crippen molar-refractivity contribution in [3.63, 3.8) is 0 Å². The Morgan fingerprint density at radius 2 is 1.42 bits per heavy atom. The minimum atomic E-state index is 0.276. The summed E-state index contributed by atoms with van der Waals surface area (Å²) < 4.78 is 0. The van der Waals surface area contributed by atoms with Crippen LogP contribution in [0.2, 0.25) is 0 Å². The van der Waals surface area contributed by atoms with E-state index in [-0.39, 0.29) is 5.41 Å². The number of hydrogen-bond donors (Lipinski definition) is 2. The molecule has 194 valence electrons. The molecule has 0 amide bonds. The number of anilines is 1. The van der Waals surface area contributed by atoms with E-state index in [1.807, 2.05) is 12.4 Å². The number of rotatable bonds is 8. The molecule has 3 rings (SSSR count). The molecule has 0 aliphatic heterocycles. The zero-order valence-electron chi connectivity index (χ0n) is 24.1. The Morgan fingerprint density at radius 1 is 0.778 bits per heavy atom. The first-order valence-electron chi connectivity index (χ1n) is 13.4. The van der Waals surface area contributed by atoms with Gasteiger partial charge in [0.15, 0.2) is 0 Å². The Hall–Kier alpha value is -3.00. The van der Waals surface area contributed by atoms with Crippen LogP contribution < -0.4 is 10.6 Å². The molecule has 0 aliphatic rings. The van der Waals surface area contributed by atoms with E-state index < -0.39 is 0 Å².